The predicted octanol–water partition coefficient (Wildman–Crippen LogP) is 4.78. The van der Waals surface area contributed by atoms with Gasteiger partial charge in [-0.05, 0) is 74.4 Å². The molecule has 0 amide bonds. The zero-order valence-corrected chi connectivity index (χ0v) is 18.7. The summed E-state index contributed by atoms with van der Waals surface area (Å²) in [5.41, 5.74) is -0.505. The number of fused-ring (bicyclic) bond motifs is 1. The number of hydrogen-bond donors (Lipinski definition) is 3. The first-order valence-corrected chi connectivity index (χ1v) is 11.4. The van der Waals surface area contributed by atoms with Crippen molar-refractivity contribution < 1.29 is 13.2 Å². The highest BCUT2D eigenvalue weighted by Gasteiger charge is 2.57. The van der Waals surface area contributed by atoms with Gasteiger partial charge in [0, 0.05) is 11.9 Å². The van der Waals surface area contributed by atoms with E-state index < -0.39 is 11.7 Å². The standard InChI is InChI=1S/C24H25F3N6O/c1-14-13-16(5-6-17(14)23(24(25,26)27)9-2-11-30-23)31-21-20-19(8-12-29-22(20)34)33(32-21)18(7-10-28)15-3-4-15/h5-6,8,12-13,15,18,30H,2-4,7,9,11H2,1H3,(H,29,34)(H,31,32)/t18?,23-/m0/s1. The highest BCUT2D eigenvalue weighted by atomic mass is 19.4. The molecule has 1 saturated carbocycles. The van der Waals surface area contributed by atoms with Crippen molar-refractivity contribution in [1.82, 2.24) is 20.1 Å². The highest BCUT2D eigenvalue weighted by molar-refractivity contribution is 5.91. The van der Waals surface area contributed by atoms with Crippen LogP contribution in [0.25, 0.3) is 10.9 Å². The third-order valence-corrected chi connectivity index (χ3v) is 7.00. The SMILES string of the molecule is Cc1cc(Nc2nn(C(CC#N)C3CC3)c3cc[nH]c(=O)c23)ccc1[C@]1(C(F)(F)F)CCCN1. The number of aromatic nitrogens is 3. The average molecular weight is 470 g/mol. The van der Waals surface area contributed by atoms with Crippen LogP contribution in [0.15, 0.2) is 35.3 Å². The molecule has 3 heterocycles. The number of H-pyrrole nitrogens is 1. The smallest absolute Gasteiger partial charge is 0.338 e. The quantitative estimate of drug-likeness (QED) is 0.482. The number of nitriles is 1. The van der Waals surface area contributed by atoms with Crippen LogP contribution in [0.4, 0.5) is 24.7 Å². The van der Waals surface area contributed by atoms with E-state index in [1.807, 2.05) is 0 Å². The van der Waals surface area contributed by atoms with Crippen molar-refractivity contribution in [3.05, 3.63) is 51.9 Å². The average Bonchev–Trinajstić information content (AvgIpc) is 3.37. The number of benzene rings is 1. The van der Waals surface area contributed by atoms with Crippen LogP contribution in [0.1, 0.15) is 49.3 Å². The van der Waals surface area contributed by atoms with E-state index in [9.17, 15) is 23.2 Å². The van der Waals surface area contributed by atoms with E-state index in [1.165, 1.54) is 6.07 Å². The summed E-state index contributed by atoms with van der Waals surface area (Å²) in [4.78, 5) is 15.3. The minimum atomic E-state index is -4.41. The summed E-state index contributed by atoms with van der Waals surface area (Å²) in [5.74, 6) is 0.658. The zero-order valence-electron chi connectivity index (χ0n) is 18.7. The fourth-order valence-electron chi connectivity index (χ4n) is 5.19. The molecule has 1 aliphatic heterocycles. The summed E-state index contributed by atoms with van der Waals surface area (Å²) in [6.07, 6.45) is -0.109. The number of rotatable bonds is 6. The lowest BCUT2D eigenvalue weighted by Gasteiger charge is -2.34. The molecule has 1 saturated heterocycles. The topological polar surface area (TPSA) is 98.5 Å². The summed E-state index contributed by atoms with van der Waals surface area (Å²) < 4.78 is 43.8. The van der Waals surface area contributed by atoms with Crippen LogP contribution in [0.2, 0.25) is 0 Å². The molecule has 1 aliphatic carbocycles. The first-order chi connectivity index (χ1) is 16.2. The Balaban J connectivity index is 1.54. The summed E-state index contributed by atoms with van der Waals surface area (Å²) in [5, 5.41) is 20.1. The molecule has 5 rings (SSSR count). The minimum Gasteiger partial charge on any atom is -0.338 e. The van der Waals surface area contributed by atoms with Crippen molar-refractivity contribution in [2.24, 2.45) is 5.92 Å². The fraction of sp³-hybridized carbons (Fsp3) is 0.458. The summed E-state index contributed by atoms with van der Waals surface area (Å²) in [6, 6.07) is 8.58. The van der Waals surface area contributed by atoms with Crippen molar-refractivity contribution in [2.75, 3.05) is 11.9 Å². The van der Waals surface area contributed by atoms with Crippen molar-refractivity contribution in [2.45, 2.75) is 56.8 Å². The van der Waals surface area contributed by atoms with Gasteiger partial charge < -0.3 is 10.3 Å². The number of nitrogens with one attached hydrogen (secondary N) is 3. The number of halogens is 3. The second-order valence-electron chi connectivity index (χ2n) is 9.22. The molecule has 1 unspecified atom stereocenters. The molecule has 7 nitrogen and oxygen atoms in total. The van der Waals surface area contributed by atoms with Crippen molar-refractivity contribution in [3.63, 3.8) is 0 Å². The van der Waals surface area contributed by atoms with Crippen LogP contribution in [-0.4, -0.2) is 27.5 Å². The molecule has 34 heavy (non-hydrogen) atoms. The second kappa shape index (κ2) is 8.17. The molecule has 1 aromatic carbocycles. The lowest BCUT2D eigenvalue weighted by Crippen LogP contribution is -2.50. The van der Waals surface area contributed by atoms with Gasteiger partial charge in [-0.2, -0.15) is 23.5 Å². The van der Waals surface area contributed by atoms with Gasteiger partial charge in [-0.15, -0.1) is 0 Å². The Labute approximate surface area is 194 Å². The van der Waals surface area contributed by atoms with Gasteiger partial charge in [0.15, 0.2) is 5.82 Å². The fourth-order valence-corrected chi connectivity index (χ4v) is 5.19. The van der Waals surface area contributed by atoms with Gasteiger partial charge in [-0.3, -0.25) is 14.8 Å². The maximum Gasteiger partial charge on any atom is 0.410 e. The van der Waals surface area contributed by atoms with Gasteiger partial charge in [0.1, 0.15) is 10.9 Å². The Bertz CT molecular complexity index is 1330. The number of anilines is 2. The normalized spacial score (nSPS) is 21.5. The van der Waals surface area contributed by atoms with E-state index in [0.717, 1.165) is 12.8 Å². The molecular formula is C24H25F3N6O. The van der Waals surface area contributed by atoms with Gasteiger partial charge in [-0.25, -0.2) is 0 Å². The number of pyridine rings is 1. The molecule has 2 aliphatic rings. The Morgan fingerprint density at radius 2 is 2.15 bits per heavy atom. The predicted molar refractivity (Wildman–Crippen MR) is 122 cm³/mol. The first kappa shape index (κ1) is 22.5. The van der Waals surface area contributed by atoms with Crippen molar-refractivity contribution >= 4 is 22.4 Å². The van der Waals surface area contributed by atoms with Crippen LogP contribution < -0.4 is 16.2 Å². The minimum absolute atomic E-state index is 0.00398. The maximum absolute atomic E-state index is 14.0. The van der Waals surface area contributed by atoms with Gasteiger partial charge in [0.25, 0.3) is 5.56 Å². The number of hydrogen-bond acceptors (Lipinski definition) is 5. The summed E-state index contributed by atoms with van der Waals surface area (Å²) >= 11 is 0. The van der Waals surface area contributed by atoms with Crippen LogP contribution in [0.3, 0.4) is 0 Å². The summed E-state index contributed by atoms with van der Waals surface area (Å²) in [6.45, 7) is 1.98. The molecule has 3 N–H and O–H groups in total. The molecule has 10 heteroatoms. The molecule has 0 spiro atoms. The van der Waals surface area contributed by atoms with Crippen molar-refractivity contribution in [1.29, 1.82) is 5.26 Å². The van der Waals surface area contributed by atoms with Crippen LogP contribution >= 0.6 is 0 Å². The monoisotopic (exact) mass is 470 g/mol. The molecule has 178 valence electrons. The van der Waals surface area contributed by atoms with Crippen LogP contribution in [0.5, 0.6) is 0 Å². The van der Waals surface area contributed by atoms with Gasteiger partial charge in [-0.1, -0.05) is 6.07 Å². The molecule has 2 aromatic heterocycles. The first-order valence-electron chi connectivity index (χ1n) is 11.4. The Kier molecular flexibility index (Phi) is 5.40. The van der Waals surface area contributed by atoms with E-state index in [0.29, 0.717) is 46.9 Å². The van der Waals surface area contributed by atoms with Gasteiger partial charge >= 0.3 is 6.18 Å². The maximum atomic E-state index is 14.0. The molecular weight excluding hydrogens is 445 g/mol. The number of aryl methyl sites for hydroxylation is 1. The molecule has 2 atom stereocenters. The largest absolute Gasteiger partial charge is 0.410 e. The summed E-state index contributed by atoms with van der Waals surface area (Å²) in [7, 11) is 0. The van der Waals surface area contributed by atoms with E-state index in [-0.39, 0.29) is 30.0 Å². The molecule has 2 fully saturated rings. The third-order valence-electron chi connectivity index (χ3n) is 7.00. The van der Waals surface area contributed by atoms with Crippen molar-refractivity contribution in [3.8, 4) is 6.07 Å². The highest BCUT2D eigenvalue weighted by Crippen LogP contribution is 2.47. The van der Waals surface area contributed by atoms with E-state index in [4.69, 9.17) is 0 Å². The van der Waals surface area contributed by atoms with Gasteiger partial charge in [0.05, 0.1) is 24.0 Å². The Morgan fingerprint density at radius 3 is 2.76 bits per heavy atom. The van der Waals surface area contributed by atoms with Crippen LogP contribution in [0, 0.1) is 24.2 Å². The van der Waals surface area contributed by atoms with E-state index in [2.05, 4.69) is 26.8 Å². The Morgan fingerprint density at radius 1 is 1.35 bits per heavy atom. The van der Waals surface area contributed by atoms with E-state index in [1.54, 1.807) is 36.0 Å². The lowest BCUT2D eigenvalue weighted by molar-refractivity contribution is -0.196. The Hall–Kier alpha value is -3.32. The lowest BCUT2D eigenvalue weighted by atomic mass is 9.84. The number of alkyl halides is 3. The number of nitrogens with zero attached hydrogens (tertiary/aromatic N) is 3. The number of aromatic amines is 1. The van der Waals surface area contributed by atoms with E-state index >= 15 is 0 Å². The second-order valence-corrected chi connectivity index (χ2v) is 9.22. The molecule has 0 bridgehead atoms. The molecule has 3 aromatic rings. The van der Waals surface area contributed by atoms with Gasteiger partial charge in [0.2, 0.25) is 0 Å². The molecule has 0 radical (unpaired) electrons. The van der Waals surface area contributed by atoms with Crippen LogP contribution in [-0.2, 0) is 5.54 Å². The third kappa shape index (κ3) is 3.64. The zero-order chi connectivity index (χ0) is 24.1.